The van der Waals surface area contributed by atoms with Crippen LogP contribution in [0.4, 0.5) is 0 Å². The number of allylic oxidation sites excluding steroid dienone is 1. The van der Waals surface area contributed by atoms with Crippen LogP contribution in [0, 0.1) is 70.0 Å². The van der Waals surface area contributed by atoms with Crippen LogP contribution in [0.15, 0.2) is 12.2 Å². The van der Waals surface area contributed by atoms with Crippen molar-refractivity contribution >= 4 is 0 Å². The molecule has 0 heterocycles. The van der Waals surface area contributed by atoms with Crippen LogP contribution in [-0.4, -0.2) is 5.54 Å². The number of hydrogen-bond acceptors (Lipinski definition) is 1. The monoisotopic (exact) mass is 540 g/mol. The smallest absolute Gasteiger partial charge is 0.0246 e. The second-order valence-electron chi connectivity index (χ2n) is 16.0. The van der Waals surface area contributed by atoms with Crippen molar-refractivity contribution < 1.29 is 0 Å². The van der Waals surface area contributed by atoms with E-state index in [0.717, 1.165) is 53.3 Å². The molecule has 13 atom stereocenters. The van der Waals surface area contributed by atoms with Gasteiger partial charge in [0.25, 0.3) is 0 Å². The molecule has 0 aromatic rings. The van der Waals surface area contributed by atoms with Crippen LogP contribution < -0.4 is 5.73 Å². The molecule has 1 heteroatoms. The van der Waals surface area contributed by atoms with Crippen LogP contribution in [0.1, 0.15) is 152 Å². The van der Waals surface area contributed by atoms with Gasteiger partial charge >= 0.3 is 0 Å². The van der Waals surface area contributed by atoms with E-state index in [-0.39, 0.29) is 11.0 Å². The fraction of sp³-hybridized carbons (Fsp3) is 0.947. The zero-order valence-electron chi connectivity index (χ0n) is 28.0. The van der Waals surface area contributed by atoms with Gasteiger partial charge in [-0.15, -0.1) is 0 Å². The second kappa shape index (κ2) is 12.1. The van der Waals surface area contributed by atoms with Crippen molar-refractivity contribution in [1.82, 2.24) is 0 Å². The fourth-order valence-electron chi connectivity index (χ4n) is 13.0. The molecule has 0 bridgehead atoms. The number of rotatable bonds is 6. The summed E-state index contributed by atoms with van der Waals surface area (Å²) in [7, 11) is 0. The predicted octanol–water partition coefficient (Wildman–Crippen LogP) is 11.1. The Labute approximate surface area is 245 Å². The quantitative estimate of drug-likeness (QED) is 0.334. The lowest BCUT2D eigenvalue weighted by molar-refractivity contribution is -0.128. The molecule has 0 saturated heterocycles. The molecule has 5 aliphatic carbocycles. The highest BCUT2D eigenvalue weighted by atomic mass is 14.9. The van der Waals surface area contributed by atoms with Crippen LogP contribution in [0.5, 0.6) is 0 Å². The third-order valence-corrected chi connectivity index (χ3v) is 14.9. The minimum atomic E-state index is 0.0436. The van der Waals surface area contributed by atoms with Crippen molar-refractivity contribution in [1.29, 1.82) is 0 Å². The number of hydrogen-bond donors (Lipinski definition) is 1. The van der Waals surface area contributed by atoms with Crippen molar-refractivity contribution in [2.45, 2.75) is 158 Å². The molecule has 5 saturated carbocycles. The first-order valence-corrected chi connectivity index (χ1v) is 18.0. The van der Waals surface area contributed by atoms with Crippen molar-refractivity contribution in [3.8, 4) is 0 Å². The minimum absolute atomic E-state index is 0.0436. The summed E-state index contributed by atoms with van der Waals surface area (Å²) in [5.74, 6) is 9.02. The Morgan fingerprint density at radius 3 is 2.08 bits per heavy atom. The zero-order valence-corrected chi connectivity index (χ0v) is 28.0. The van der Waals surface area contributed by atoms with Gasteiger partial charge < -0.3 is 5.73 Å². The summed E-state index contributed by atoms with van der Waals surface area (Å²) in [5, 5.41) is 0. The number of nitrogens with two attached hydrogens (primary N) is 1. The molecular weight excluding hydrogens is 470 g/mol. The van der Waals surface area contributed by atoms with E-state index in [1.165, 1.54) is 95.5 Å². The Morgan fingerprint density at radius 2 is 1.46 bits per heavy atom. The summed E-state index contributed by atoms with van der Waals surface area (Å²) in [6.07, 6.45) is 19.9. The molecule has 0 aliphatic heterocycles. The third-order valence-electron chi connectivity index (χ3n) is 14.9. The topological polar surface area (TPSA) is 26.0 Å². The maximum Gasteiger partial charge on any atom is 0.0246 e. The molecule has 1 nitrogen and oxygen atoms in total. The van der Waals surface area contributed by atoms with Crippen LogP contribution in [-0.2, 0) is 0 Å². The molecule has 5 fully saturated rings. The molecule has 0 aromatic heterocycles. The third kappa shape index (κ3) is 5.03. The molecule has 5 rings (SSSR count). The Hall–Kier alpha value is -0.300. The van der Waals surface area contributed by atoms with E-state index < -0.39 is 0 Å². The van der Waals surface area contributed by atoms with Gasteiger partial charge in [0.1, 0.15) is 0 Å². The maximum absolute atomic E-state index is 7.56. The lowest BCUT2D eigenvalue weighted by atomic mass is 9.42. The van der Waals surface area contributed by atoms with Crippen molar-refractivity contribution in [3.05, 3.63) is 12.2 Å². The maximum atomic E-state index is 7.56. The van der Waals surface area contributed by atoms with Crippen LogP contribution in [0.3, 0.4) is 0 Å². The van der Waals surface area contributed by atoms with Gasteiger partial charge in [-0.25, -0.2) is 0 Å². The van der Waals surface area contributed by atoms with E-state index in [1.54, 1.807) is 0 Å². The summed E-state index contributed by atoms with van der Waals surface area (Å²) in [6.45, 7) is 26.0. The molecule has 0 aromatic carbocycles. The van der Waals surface area contributed by atoms with Gasteiger partial charge in [0.05, 0.1) is 0 Å². The summed E-state index contributed by atoms with van der Waals surface area (Å²) in [5.41, 5.74) is 9.82. The van der Waals surface area contributed by atoms with E-state index in [1.807, 2.05) is 13.8 Å². The Kier molecular flexibility index (Phi) is 9.84. The molecule has 39 heavy (non-hydrogen) atoms. The largest absolute Gasteiger partial charge is 0.324 e. The average molecular weight is 540 g/mol. The predicted molar refractivity (Wildman–Crippen MR) is 172 cm³/mol. The van der Waals surface area contributed by atoms with Gasteiger partial charge in [-0.3, -0.25) is 0 Å². The van der Waals surface area contributed by atoms with Gasteiger partial charge in [-0.2, -0.15) is 0 Å². The Bertz CT molecular complexity index is 831. The Balaban J connectivity index is 0.00000172. The van der Waals surface area contributed by atoms with Crippen molar-refractivity contribution in [2.24, 2.45) is 75.7 Å². The second-order valence-corrected chi connectivity index (χ2v) is 16.0. The molecule has 5 aliphatic rings. The summed E-state index contributed by atoms with van der Waals surface area (Å²) >= 11 is 0. The summed E-state index contributed by atoms with van der Waals surface area (Å²) in [6, 6.07) is 0. The van der Waals surface area contributed by atoms with Crippen LogP contribution >= 0.6 is 0 Å². The number of fused-ring (bicyclic) bond motifs is 5. The molecule has 13 unspecified atom stereocenters. The first-order valence-electron chi connectivity index (χ1n) is 18.0. The molecule has 0 radical (unpaired) electrons. The van der Waals surface area contributed by atoms with E-state index in [0.29, 0.717) is 11.3 Å². The van der Waals surface area contributed by atoms with E-state index >= 15 is 0 Å². The first-order chi connectivity index (χ1) is 18.5. The molecule has 226 valence electrons. The van der Waals surface area contributed by atoms with Gasteiger partial charge in [0.15, 0.2) is 0 Å². The normalized spacial score (nSPS) is 51.1. The van der Waals surface area contributed by atoms with E-state index in [9.17, 15) is 0 Å². The standard InChI is InChI=1S/C36H63N.C2H6/c1-9-28-24(6)20-26(29(10-2)30(28)11-3)21-25-14-17-34(7)27(22-25)12-13-33-32(34)15-18-35(8)31(23(4)5)16-19-36(33,35)37;1-2/h24-33H,4,9-22,37H2,1-3,5-8H3;1-2H3. The lowest BCUT2D eigenvalue weighted by Crippen LogP contribution is -2.66. The van der Waals surface area contributed by atoms with Crippen molar-refractivity contribution in [3.63, 3.8) is 0 Å². The average Bonchev–Trinajstić information content (AvgIpc) is 3.21. The van der Waals surface area contributed by atoms with E-state index in [4.69, 9.17) is 5.73 Å². The molecule has 2 N–H and O–H groups in total. The first kappa shape index (κ1) is 31.6. The summed E-state index contributed by atoms with van der Waals surface area (Å²) < 4.78 is 0. The van der Waals surface area contributed by atoms with Gasteiger partial charge in [0, 0.05) is 5.54 Å². The minimum Gasteiger partial charge on any atom is -0.324 e. The molecule has 0 amide bonds. The SMILES string of the molecule is C=C(C)C1CCC2(N)C3CCC4CC(CC5CC(C)C(CC)C(CC)C5CC)CCC4(C)C3CCC12C.CC. The van der Waals surface area contributed by atoms with Crippen LogP contribution in [0.2, 0.25) is 0 Å². The van der Waals surface area contributed by atoms with E-state index in [2.05, 4.69) is 55.0 Å². The van der Waals surface area contributed by atoms with Crippen molar-refractivity contribution in [2.75, 3.05) is 0 Å². The highest BCUT2D eigenvalue weighted by molar-refractivity contribution is 5.23. The molecule has 0 spiro atoms. The van der Waals surface area contributed by atoms with Gasteiger partial charge in [-0.05, 0) is 148 Å². The molecular formula is C38H69N. The van der Waals surface area contributed by atoms with Crippen LogP contribution in [0.25, 0.3) is 0 Å². The fourth-order valence-corrected chi connectivity index (χ4v) is 13.0. The van der Waals surface area contributed by atoms with Gasteiger partial charge in [0.2, 0.25) is 0 Å². The highest BCUT2D eigenvalue weighted by Gasteiger charge is 2.66. The summed E-state index contributed by atoms with van der Waals surface area (Å²) in [4.78, 5) is 0. The Morgan fingerprint density at radius 1 is 0.795 bits per heavy atom. The lowest BCUT2D eigenvalue weighted by Gasteiger charge is -2.64. The highest BCUT2D eigenvalue weighted by Crippen LogP contribution is 2.69. The zero-order chi connectivity index (χ0) is 28.8. The van der Waals surface area contributed by atoms with Gasteiger partial charge in [-0.1, -0.05) is 86.8 Å².